The van der Waals surface area contributed by atoms with Gasteiger partial charge in [0.15, 0.2) is 5.78 Å². The van der Waals surface area contributed by atoms with Gasteiger partial charge in [0.05, 0.1) is 4.92 Å². The Morgan fingerprint density at radius 2 is 1.80 bits per heavy atom. The molecule has 0 saturated heterocycles. The predicted octanol–water partition coefficient (Wildman–Crippen LogP) is 2.59. The molecule has 0 aliphatic carbocycles. The van der Waals surface area contributed by atoms with Crippen molar-refractivity contribution in [2.75, 3.05) is 0 Å². The van der Waals surface area contributed by atoms with Gasteiger partial charge in [-0.3, -0.25) is 14.9 Å². The van der Waals surface area contributed by atoms with E-state index in [1.165, 1.54) is 19.1 Å². The van der Waals surface area contributed by atoms with Gasteiger partial charge in [-0.15, -0.1) is 0 Å². The molecule has 4 heteroatoms. The normalized spacial score (nSPS) is 11.2. The van der Waals surface area contributed by atoms with E-state index >= 15 is 0 Å². The molecule has 1 rings (SSSR count). The molecule has 0 aromatic heterocycles. The van der Waals surface area contributed by atoms with Gasteiger partial charge in [0.2, 0.25) is 0 Å². The topological polar surface area (TPSA) is 60.2 Å². The Hall–Kier alpha value is -1.97. The lowest BCUT2D eigenvalue weighted by molar-refractivity contribution is -0.384. The maximum atomic E-state index is 10.9. The molecule has 78 valence electrons. The molecular formula is C11H11NO3. The van der Waals surface area contributed by atoms with Crippen LogP contribution in [-0.2, 0) is 4.79 Å². The maximum Gasteiger partial charge on any atom is 0.269 e. The van der Waals surface area contributed by atoms with E-state index in [0.717, 1.165) is 5.56 Å². The van der Waals surface area contributed by atoms with Gasteiger partial charge >= 0.3 is 0 Å². The standard InChI is InChI=1S/C11H11NO3/c1-8(9(2)13)7-10-3-5-11(6-4-10)12(14)15/h3-7H,1-2H3/b8-7+. The van der Waals surface area contributed by atoms with Crippen molar-refractivity contribution in [1.29, 1.82) is 0 Å². The zero-order chi connectivity index (χ0) is 11.4. The lowest BCUT2D eigenvalue weighted by Gasteiger charge is -1.96. The van der Waals surface area contributed by atoms with E-state index in [9.17, 15) is 14.9 Å². The summed E-state index contributed by atoms with van der Waals surface area (Å²) < 4.78 is 0. The van der Waals surface area contributed by atoms with Crippen LogP contribution in [-0.4, -0.2) is 10.7 Å². The molecule has 0 aliphatic heterocycles. The zero-order valence-corrected chi connectivity index (χ0v) is 8.56. The summed E-state index contributed by atoms with van der Waals surface area (Å²) in [6.07, 6.45) is 1.70. The van der Waals surface area contributed by atoms with Crippen molar-refractivity contribution in [3.8, 4) is 0 Å². The monoisotopic (exact) mass is 205 g/mol. The Bertz CT molecular complexity index is 418. The molecule has 0 atom stereocenters. The van der Waals surface area contributed by atoms with Gasteiger partial charge in [-0.1, -0.05) is 0 Å². The van der Waals surface area contributed by atoms with Crippen molar-refractivity contribution in [1.82, 2.24) is 0 Å². The van der Waals surface area contributed by atoms with E-state index in [0.29, 0.717) is 5.57 Å². The molecule has 1 aromatic carbocycles. The molecule has 0 radical (unpaired) electrons. The molecule has 4 nitrogen and oxygen atoms in total. The number of benzene rings is 1. The molecule has 15 heavy (non-hydrogen) atoms. The molecule has 0 aliphatic rings. The van der Waals surface area contributed by atoms with E-state index in [2.05, 4.69) is 0 Å². The number of ketones is 1. The van der Waals surface area contributed by atoms with Crippen LogP contribution in [0.25, 0.3) is 6.08 Å². The highest BCUT2D eigenvalue weighted by atomic mass is 16.6. The van der Waals surface area contributed by atoms with Crippen molar-refractivity contribution >= 4 is 17.5 Å². The highest BCUT2D eigenvalue weighted by Crippen LogP contribution is 2.14. The summed E-state index contributed by atoms with van der Waals surface area (Å²) >= 11 is 0. The minimum absolute atomic E-state index is 0.00615. The number of Topliss-reactive ketones (excluding diaryl/α,β-unsaturated/α-hetero) is 1. The predicted molar refractivity (Wildman–Crippen MR) is 57.4 cm³/mol. The van der Waals surface area contributed by atoms with Crippen LogP contribution in [0.3, 0.4) is 0 Å². The van der Waals surface area contributed by atoms with Crippen LogP contribution in [0.5, 0.6) is 0 Å². The van der Waals surface area contributed by atoms with Crippen LogP contribution in [0.15, 0.2) is 29.8 Å². The van der Waals surface area contributed by atoms with Crippen LogP contribution in [0.1, 0.15) is 19.4 Å². The van der Waals surface area contributed by atoms with Crippen LogP contribution >= 0.6 is 0 Å². The van der Waals surface area contributed by atoms with Crippen LogP contribution < -0.4 is 0 Å². The van der Waals surface area contributed by atoms with Crippen LogP contribution in [0.4, 0.5) is 5.69 Å². The average molecular weight is 205 g/mol. The van der Waals surface area contributed by atoms with Crippen molar-refractivity contribution in [3.63, 3.8) is 0 Å². The smallest absolute Gasteiger partial charge is 0.269 e. The first kappa shape index (κ1) is 11.1. The number of allylic oxidation sites excluding steroid dienone is 1. The van der Waals surface area contributed by atoms with E-state index in [4.69, 9.17) is 0 Å². The molecule has 0 heterocycles. The second-order valence-electron chi connectivity index (χ2n) is 3.23. The van der Waals surface area contributed by atoms with Crippen molar-refractivity contribution in [3.05, 3.63) is 45.5 Å². The third-order valence-electron chi connectivity index (χ3n) is 2.04. The van der Waals surface area contributed by atoms with Gasteiger partial charge in [-0.25, -0.2) is 0 Å². The van der Waals surface area contributed by atoms with Crippen molar-refractivity contribution in [2.45, 2.75) is 13.8 Å². The third-order valence-corrected chi connectivity index (χ3v) is 2.04. The summed E-state index contributed by atoms with van der Waals surface area (Å²) in [6.45, 7) is 3.20. The number of rotatable bonds is 3. The largest absolute Gasteiger partial charge is 0.295 e. The quantitative estimate of drug-likeness (QED) is 0.433. The maximum absolute atomic E-state index is 10.9. The summed E-state index contributed by atoms with van der Waals surface area (Å²) in [7, 11) is 0. The number of carbonyl (C=O) groups is 1. The first-order chi connectivity index (χ1) is 7.00. The van der Waals surface area contributed by atoms with Crippen molar-refractivity contribution < 1.29 is 9.72 Å². The number of carbonyl (C=O) groups excluding carboxylic acids is 1. The second-order valence-corrected chi connectivity index (χ2v) is 3.23. The van der Waals surface area contributed by atoms with Gasteiger partial charge in [0, 0.05) is 12.1 Å². The molecule has 0 bridgehead atoms. The third kappa shape index (κ3) is 3.02. The second kappa shape index (κ2) is 4.50. The molecule has 0 fully saturated rings. The first-order valence-corrected chi connectivity index (χ1v) is 4.44. The Morgan fingerprint density at radius 3 is 2.20 bits per heavy atom. The SMILES string of the molecule is CC(=O)/C(C)=C/c1ccc([N+](=O)[O-])cc1. The fraction of sp³-hybridized carbons (Fsp3) is 0.182. The van der Waals surface area contributed by atoms with Crippen LogP contribution in [0, 0.1) is 10.1 Å². The Morgan fingerprint density at radius 1 is 1.27 bits per heavy atom. The fourth-order valence-electron chi connectivity index (χ4n) is 1.04. The number of nitro groups is 1. The summed E-state index contributed by atoms with van der Waals surface area (Å²) in [5.74, 6) is -0.00615. The molecular weight excluding hydrogens is 194 g/mol. The minimum Gasteiger partial charge on any atom is -0.295 e. The fourth-order valence-corrected chi connectivity index (χ4v) is 1.04. The number of hydrogen-bond acceptors (Lipinski definition) is 3. The summed E-state index contributed by atoms with van der Waals surface area (Å²) in [5, 5.41) is 10.4. The molecule has 1 aromatic rings. The Kier molecular flexibility index (Phi) is 3.33. The number of hydrogen-bond donors (Lipinski definition) is 0. The summed E-state index contributed by atoms with van der Waals surface area (Å²) in [6, 6.07) is 6.06. The Labute approximate surface area is 87.4 Å². The minimum atomic E-state index is -0.453. The number of non-ortho nitro benzene ring substituents is 1. The lowest BCUT2D eigenvalue weighted by Crippen LogP contribution is -1.91. The first-order valence-electron chi connectivity index (χ1n) is 4.44. The molecule has 0 amide bonds. The molecule has 0 saturated carbocycles. The van der Waals surface area contributed by atoms with E-state index in [1.54, 1.807) is 25.1 Å². The molecule has 0 unspecified atom stereocenters. The lowest BCUT2D eigenvalue weighted by atomic mass is 10.1. The van der Waals surface area contributed by atoms with Gasteiger partial charge in [-0.05, 0) is 43.2 Å². The van der Waals surface area contributed by atoms with E-state index in [-0.39, 0.29) is 11.5 Å². The zero-order valence-electron chi connectivity index (χ0n) is 8.56. The molecule has 0 spiro atoms. The Balaban J connectivity index is 2.95. The summed E-state index contributed by atoms with van der Waals surface area (Å²) in [4.78, 5) is 20.9. The van der Waals surface area contributed by atoms with Gasteiger partial charge in [-0.2, -0.15) is 0 Å². The van der Waals surface area contributed by atoms with Gasteiger partial charge in [0.1, 0.15) is 0 Å². The van der Waals surface area contributed by atoms with Crippen LogP contribution in [0.2, 0.25) is 0 Å². The highest BCUT2D eigenvalue weighted by Gasteiger charge is 2.03. The van der Waals surface area contributed by atoms with Gasteiger partial charge in [0.25, 0.3) is 5.69 Å². The van der Waals surface area contributed by atoms with Gasteiger partial charge < -0.3 is 0 Å². The van der Waals surface area contributed by atoms with E-state index in [1.807, 2.05) is 0 Å². The number of nitro benzene ring substituents is 1. The van der Waals surface area contributed by atoms with Crippen molar-refractivity contribution in [2.24, 2.45) is 0 Å². The molecule has 0 N–H and O–H groups in total. The van der Waals surface area contributed by atoms with E-state index < -0.39 is 4.92 Å². The average Bonchev–Trinajstić information content (AvgIpc) is 2.18. The number of nitrogens with zero attached hydrogens (tertiary/aromatic N) is 1. The highest BCUT2D eigenvalue weighted by molar-refractivity contribution is 5.97. The summed E-state index contributed by atoms with van der Waals surface area (Å²) in [5.41, 5.74) is 1.46.